The average Bonchev–Trinajstić information content (AvgIpc) is 3.33. The topological polar surface area (TPSA) is 81.6 Å². The first kappa shape index (κ1) is 17.8. The van der Waals surface area contributed by atoms with Crippen molar-refractivity contribution in [2.24, 2.45) is 0 Å². The molecule has 28 heavy (non-hydrogen) atoms. The van der Waals surface area contributed by atoms with Gasteiger partial charge < -0.3 is 20.2 Å². The van der Waals surface area contributed by atoms with Gasteiger partial charge in [0.05, 0.1) is 22.7 Å². The van der Waals surface area contributed by atoms with Gasteiger partial charge in [0.25, 0.3) is 0 Å². The highest BCUT2D eigenvalue weighted by Crippen LogP contribution is 2.43. The van der Waals surface area contributed by atoms with Crippen molar-refractivity contribution in [2.75, 3.05) is 47.1 Å². The molecule has 2 fully saturated rings. The number of benzene rings is 1. The van der Waals surface area contributed by atoms with Crippen molar-refractivity contribution < 1.29 is 9.90 Å². The van der Waals surface area contributed by atoms with E-state index in [1.54, 1.807) is 11.8 Å². The van der Waals surface area contributed by atoms with Crippen LogP contribution in [-0.2, 0) is 11.2 Å². The normalized spacial score (nSPS) is 20.2. The number of fused-ring (bicyclic) bond motifs is 1. The second-order valence-corrected chi connectivity index (χ2v) is 8.72. The summed E-state index contributed by atoms with van der Waals surface area (Å²) in [6.07, 6.45) is 2.82. The molecule has 0 atom stereocenters. The number of hydrogen-bond acceptors (Lipinski definition) is 7. The lowest BCUT2D eigenvalue weighted by Crippen LogP contribution is -2.51. The van der Waals surface area contributed by atoms with Crippen LogP contribution in [0.15, 0.2) is 35.2 Å². The zero-order valence-electron chi connectivity index (χ0n) is 15.6. The van der Waals surface area contributed by atoms with Crippen LogP contribution in [0.5, 0.6) is 0 Å². The first-order valence-corrected chi connectivity index (χ1v) is 10.7. The van der Waals surface area contributed by atoms with Crippen LogP contribution in [0.2, 0.25) is 0 Å². The monoisotopic (exact) mass is 397 g/mol. The molecule has 1 amide bonds. The zero-order valence-corrected chi connectivity index (χ0v) is 16.4. The van der Waals surface area contributed by atoms with E-state index in [0.29, 0.717) is 19.0 Å². The van der Waals surface area contributed by atoms with Crippen molar-refractivity contribution in [2.45, 2.75) is 29.7 Å². The van der Waals surface area contributed by atoms with E-state index >= 15 is 0 Å². The number of aliphatic hydroxyl groups is 1. The number of para-hydroxylation sites is 1. The molecule has 2 N–H and O–H groups in total. The number of carbonyl (C=O) groups is 1. The third-order valence-electron chi connectivity index (χ3n) is 5.62. The Bertz CT molecular complexity index is 903. The van der Waals surface area contributed by atoms with E-state index in [-0.39, 0.29) is 24.6 Å². The number of thioether (sulfide) groups is 1. The van der Waals surface area contributed by atoms with Gasteiger partial charge in [0.15, 0.2) is 0 Å². The summed E-state index contributed by atoms with van der Waals surface area (Å²) in [4.78, 5) is 27.2. The van der Waals surface area contributed by atoms with Crippen molar-refractivity contribution in [1.29, 1.82) is 0 Å². The summed E-state index contributed by atoms with van der Waals surface area (Å²) < 4.78 is 0. The summed E-state index contributed by atoms with van der Waals surface area (Å²) in [6, 6.07) is 9.77. The van der Waals surface area contributed by atoms with Crippen LogP contribution in [0.25, 0.3) is 0 Å². The Kier molecular flexibility index (Phi) is 4.40. The van der Waals surface area contributed by atoms with Gasteiger partial charge in [-0.2, -0.15) is 4.98 Å². The number of rotatable bonds is 5. The van der Waals surface area contributed by atoms with Gasteiger partial charge in [-0.05, 0) is 25.0 Å². The maximum Gasteiger partial charge on any atom is 0.246 e. The molecule has 1 saturated heterocycles. The first-order valence-electron chi connectivity index (χ1n) is 9.71. The molecule has 0 bridgehead atoms. The lowest BCUT2D eigenvalue weighted by atomic mass is 10.2. The van der Waals surface area contributed by atoms with Crippen LogP contribution in [-0.4, -0.2) is 58.5 Å². The molecule has 7 nitrogen and oxygen atoms in total. The molecular formula is C20H23N5O2S. The first-order chi connectivity index (χ1) is 13.7. The number of anilines is 3. The molecule has 1 aliphatic carbocycles. The van der Waals surface area contributed by atoms with Crippen LogP contribution in [0, 0.1) is 0 Å². The van der Waals surface area contributed by atoms with E-state index in [9.17, 15) is 9.90 Å². The zero-order chi connectivity index (χ0) is 19.1. The van der Waals surface area contributed by atoms with Gasteiger partial charge in [0, 0.05) is 31.0 Å². The number of aryl methyl sites for hydroxylation is 1. The number of aliphatic hydroxyl groups excluding tert-OH is 1. The van der Waals surface area contributed by atoms with Crippen LogP contribution < -0.4 is 15.1 Å². The fourth-order valence-electron chi connectivity index (χ4n) is 3.73. The molecule has 0 spiro atoms. The summed E-state index contributed by atoms with van der Waals surface area (Å²) >= 11 is 1.76. The predicted molar refractivity (Wildman–Crippen MR) is 110 cm³/mol. The van der Waals surface area contributed by atoms with Gasteiger partial charge >= 0.3 is 0 Å². The maximum absolute atomic E-state index is 12.8. The summed E-state index contributed by atoms with van der Waals surface area (Å²) in [5.74, 6) is 2.47. The minimum absolute atomic E-state index is 0.0551. The van der Waals surface area contributed by atoms with E-state index in [1.807, 2.05) is 40.1 Å². The van der Waals surface area contributed by atoms with Crippen molar-refractivity contribution in [1.82, 2.24) is 9.97 Å². The predicted octanol–water partition coefficient (Wildman–Crippen LogP) is 1.91. The highest BCUT2D eigenvalue weighted by atomic mass is 32.2. The Labute approximate surface area is 168 Å². The van der Waals surface area contributed by atoms with E-state index in [4.69, 9.17) is 9.97 Å². The number of amides is 1. The third kappa shape index (κ3) is 3.20. The SMILES string of the molecule is O=C1CN(c2nc3c(c(NC4(CO)CC4)n2)SCC3)CCN1c1ccccc1. The second-order valence-electron chi connectivity index (χ2n) is 7.61. The molecule has 5 rings (SSSR count). The Morgan fingerprint density at radius 2 is 2.00 bits per heavy atom. The highest BCUT2D eigenvalue weighted by molar-refractivity contribution is 7.99. The van der Waals surface area contributed by atoms with Crippen LogP contribution >= 0.6 is 11.8 Å². The number of nitrogens with one attached hydrogen (secondary N) is 1. The minimum Gasteiger partial charge on any atom is -0.394 e. The van der Waals surface area contributed by atoms with E-state index < -0.39 is 0 Å². The van der Waals surface area contributed by atoms with Crippen molar-refractivity contribution in [3.8, 4) is 0 Å². The fraction of sp³-hybridized carbons (Fsp3) is 0.450. The molecule has 1 aromatic heterocycles. The lowest BCUT2D eigenvalue weighted by Gasteiger charge is -2.34. The van der Waals surface area contributed by atoms with Crippen LogP contribution in [0.3, 0.4) is 0 Å². The Hall–Kier alpha value is -2.32. The van der Waals surface area contributed by atoms with Gasteiger partial charge in [-0.15, -0.1) is 11.8 Å². The molecule has 0 radical (unpaired) electrons. The van der Waals surface area contributed by atoms with Gasteiger partial charge in [0.2, 0.25) is 11.9 Å². The van der Waals surface area contributed by atoms with Crippen molar-refractivity contribution >= 4 is 35.1 Å². The molecule has 0 unspecified atom stereocenters. The second kappa shape index (κ2) is 6.93. The minimum atomic E-state index is -0.232. The largest absolute Gasteiger partial charge is 0.394 e. The van der Waals surface area contributed by atoms with E-state index in [1.165, 1.54) is 0 Å². The van der Waals surface area contributed by atoms with E-state index in [2.05, 4.69) is 5.32 Å². The number of piperazine rings is 1. The third-order valence-corrected chi connectivity index (χ3v) is 6.75. The number of nitrogens with zero attached hydrogens (tertiary/aromatic N) is 4. The average molecular weight is 398 g/mol. The Morgan fingerprint density at radius 3 is 2.71 bits per heavy atom. The number of hydrogen-bond donors (Lipinski definition) is 2. The number of aromatic nitrogens is 2. The number of carbonyl (C=O) groups excluding carboxylic acids is 1. The molecule has 1 saturated carbocycles. The summed E-state index contributed by atoms with van der Waals surface area (Å²) in [5, 5.41) is 13.1. The quantitative estimate of drug-likeness (QED) is 0.798. The van der Waals surface area contributed by atoms with Crippen LogP contribution in [0.1, 0.15) is 18.5 Å². The lowest BCUT2D eigenvalue weighted by molar-refractivity contribution is -0.117. The molecule has 2 aromatic rings. The Morgan fingerprint density at radius 1 is 1.18 bits per heavy atom. The van der Waals surface area contributed by atoms with Crippen LogP contribution in [0.4, 0.5) is 17.5 Å². The van der Waals surface area contributed by atoms with E-state index in [0.717, 1.165) is 47.1 Å². The van der Waals surface area contributed by atoms with Gasteiger partial charge in [-0.25, -0.2) is 4.98 Å². The van der Waals surface area contributed by atoms with Crippen molar-refractivity contribution in [3.63, 3.8) is 0 Å². The summed E-state index contributed by atoms with van der Waals surface area (Å²) in [5.41, 5.74) is 1.74. The maximum atomic E-state index is 12.8. The summed E-state index contributed by atoms with van der Waals surface area (Å²) in [7, 11) is 0. The molecular weight excluding hydrogens is 374 g/mol. The molecule has 146 valence electrons. The van der Waals surface area contributed by atoms with Gasteiger partial charge in [-0.3, -0.25) is 4.79 Å². The molecule has 3 heterocycles. The molecule has 3 aliphatic rings. The van der Waals surface area contributed by atoms with Gasteiger partial charge in [-0.1, -0.05) is 18.2 Å². The smallest absolute Gasteiger partial charge is 0.246 e. The standard InChI is InChI=1S/C20H23N5O2S/c26-13-20(7-8-20)23-18-17-15(6-11-28-17)21-19(22-18)24-9-10-25(16(27)12-24)14-4-2-1-3-5-14/h1-5,26H,6-13H2,(H,21,22,23). The highest BCUT2D eigenvalue weighted by Gasteiger charge is 2.43. The Balaban J connectivity index is 1.39. The molecule has 1 aromatic carbocycles. The molecule has 8 heteroatoms. The fourth-order valence-corrected chi connectivity index (χ4v) is 4.78. The summed E-state index contributed by atoms with van der Waals surface area (Å²) in [6.45, 7) is 1.68. The van der Waals surface area contributed by atoms with Crippen molar-refractivity contribution in [3.05, 3.63) is 36.0 Å². The molecule has 2 aliphatic heterocycles. The van der Waals surface area contributed by atoms with Gasteiger partial charge in [0.1, 0.15) is 12.4 Å².